The number of aliphatic hydroxyl groups is 1. The van der Waals surface area contributed by atoms with E-state index < -0.39 is 41.4 Å². The quantitative estimate of drug-likeness (QED) is 0.522. The molecule has 10 heteroatoms. The lowest BCUT2D eigenvalue weighted by atomic mass is 9.49. The maximum absolute atomic E-state index is 13.8. The number of likely N-dealkylation sites (tertiary alicyclic amines) is 1. The van der Waals surface area contributed by atoms with Crippen LogP contribution in [0.1, 0.15) is 62.2 Å². The van der Waals surface area contributed by atoms with E-state index in [4.69, 9.17) is 10.5 Å². The average molecular weight is 490 g/mol. The molecule has 4 saturated carbocycles. The molecular formula is C24H31N3O6S. The monoisotopic (exact) mass is 489 g/mol. The molecule has 1 aromatic heterocycles. The standard InChI is InChI=1S/C24H31N3O6S/c1-12(20(30)26-21-17(19(25)29)2-3-34-21)33-22(31)18-7-16(28)11-27(18)23(32)24-8-13-4-14(9-24)6-15(5-13)10-24/h2-3,12-16,18,28H,4-11H2,1H3,(H2,25,29)(H,26,30)/t12-,13?,14?,15?,16-,18+,24?/m1/s1. The highest BCUT2D eigenvalue weighted by atomic mass is 32.1. The van der Waals surface area contributed by atoms with Gasteiger partial charge in [-0.25, -0.2) is 4.79 Å². The molecule has 0 unspecified atom stereocenters. The molecule has 2 heterocycles. The van der Waals surface area contributed by atoms with E-state index in [9.17, 15) is 24.3 Å². The van der Waals surface area contributed by atoms with E-state index in [1.54, 1.807) is 5.38 Å². The van der Waals surface area contributed by atoms with E-state index in [2.05, 4.69) is 5.32 Å². The van der Waals surface area contributed by atoms with E-state index in [-0.39, 0.29) is 29.4 Å². The Hall–Kier alpha value is -2.46. The Morgan fingerprint density at radius 2 is 1.76 bits per heavy atom. The van der Waals surface area contributed by atoms with E-state index in [0.717, 1.165) is 30.6 Å². The van der Waals surface area contributed by atoms with Gasteiger partial charge in [0.2, 0.25) is 5.91 Å². The summed E-state index contributed by atoms with van der Waals surface area (Å²) in [6.45, 7) is 1.54. The summed E-state index contributed by atoms with van der Waals surface area (Å²) in [5.41, 5.74) is 5.07. The van der Waals surface area contributed by atoms with E-state index >= 15 is 0 Å². The van der Waals surface area contributed by atoms with Gasteiger partial charge in [0.25, 0.3) is 11.8 Å². The highest BCUT2D eigenvalue weighted by Crippen LogP contribution is 2.60. The van der Waals surface area contributed by atoms with Gasteiger partial charge in [0.15, 0.2) is 6.10 Å². The van der Waals surface area contributed by atoms with Crippen molar-refractivity contribution < 1.29 is 29.0 Å². The summed E-state index contributed by atoms with van der Waals surface area (Å²) in [7, 11) is 0. The second-order valence-electron chi connectivity index (χ2n) is 10.7. The molecule has 34 heavy (non-hydrogen) atoms. The fourth-order valence-corrected chi connectivity index (χ4v) is 7.85. The molecule has 0 aromatic carbocycles. The molecule has 184 valence electrons. The van der Waals surface area contributed by atoms with Crippen LogP contribution in [0.3, 0.4) is 0 Å². The summed E-state index contributed by atoms with van der Waals surface area (Å²) in [4.78, 5) is 52.4. The van der Waals surface area contributed by atoms with Crippen molar-refractivity contribution in [2.45, 2.75) is 70.1 Å². The predicted octanol–water partition coefficient (Wildman–Crippen LogP) is 1.90. The van der Waals surface area contributed by atoms with Crippen LogP contribution < -0.4 is 11.1 Å². The van der Waals surface area contributed by atoms with Crippen molar-refractivity contribution in [2.24, 2.45) is 28.9 Å². The van der Waals surface area contributed by atoms with Crippen LogP contribution in [0.25, 0.3) is 0 Å². The maximum Gasteiger partial charge on any atom is 0.329 e. The van der Waals surface area contributed by atoms with Gasteiger partial charge in [0.1, 0.15) is 11.0 Å². The molecule has 1 saturated heterocycles. The molecule has 5 fully saturated rings. The van der Waals surface area contributed by atoms with Crippen molar-refractivity contribution >= 4 is 40.0 Å². The number of nitrogens with two attached hydrogens (primary N) is 1. The largest absolute Gasteiger partial charge is 0.451 e. The number of primary amides is 1. The second kappa shape index (κ2) is 8.64. The highest BCUT2D eigenvalue weighted by molar-refractivity contribution is 7.14. The number of amides is 3. The molecule has 4 aliphatic carbocycles. The number of esters is 1. The van der Waals surface area contributed by atoms with Crippen LogP contribution in [0.5, 0.6) is 0 Å². The normalized spacial score (nSPS) is 34.6. The molecule has 3 atom stereocenters. The number of hydrogen-bond donors (Lipinski definition) is 3. The molecule has 1 aliphatic heterocycles. The third kappa shape index (κ3) is 4.11. The molecular weight excluding hydrogens is 458 g/mol. The Morgan fingerprint density at radius 1 is 1.15 bits per heavy atom. The SMILES string of the molecule is C[C@@H](OC(=O)[C@@H]1C[C@@H](O)CN1C(=O)C12CC3CC(CC(C3)C1)C2)C(=O)Nc1sccc1C(N)=O. The number of thiophene rings is 1. The Balaban J connectivity index is 1.25. The van der Waals surface area contributed by atoms with Gasteiger partial charge in [-0.3, -0.25) is 14.4 Å². The van der Waals surface area contributed by atoms with E-state index in [0.29, 0.717) is 17.8 Å². The topological polar surface area (TPSA) is 139 Å². The number of hydrogen-bond acceptors (Lipinski definition) is 7. The van der Waals surface area contributed by atoms with Crippen molar-refractivity contribution in [3.8, 4) is 0 Å². The molecule has 9 nitrogen and oxygen atoms in total. The first-order chi connectivity index (χ1) is 16.1. The number of carbonyl (C=O) groups excluding carboxylic acids is 4. The van der Waals surface area contributed by atoms with Crippen molar-refractivity contribution in [3.05, 3.63) is 17.0 Å². The zero-order chi connectivity index (χ0) is 24.2. The molecule has 6 rings (SSSR count). The van der Waals surface area contributed by atoms with Crippen LogP contribution in [0.4, 0.5) is 5.00 Å². The average Bonchev–Trinajstić information content (AvgIpc) is 3.38. The molecule has 1 aromatic rings. The third-order valence-electron chi connectivity index (χ3n) is 8.13. The van der Waals surface area contributed by atoms with Gasteiger partial charge < -0.3 is 25.8 Å². The molecule has 3 amide bonds. The fourth-order valence-electron chi connectivity index (χ4n) is 7.06. The smallest absolute Gasteiger partial charge is 0.329 e. The minimum Gasteiger partial charge on any atom is -0.451 e. The zero-order valence-electron chi connectivity index (χ0n) is 19.2. The second-order valence-corrected chi connectivity index (χ2v) is 11.6. The van der Waals surface area contributed by atoms with Gasteiger partial charge in [-0.1, -0.05) is 0 Å². The van der Waals surface area contributed by atoms with Gasteiger partial charge in [-0.05, 0) is 74.6 Å². The Labute approximate surface area is 202 Å². The Kier molecular flexibility index (Phi) is 5.92. The van der Waals surface area contributed by atoms with Crippen LogP contribution in [0.15, 0.2) is 11.4 Å². The van der Waals surface area contributed by atoms with Gasteiger partial charge in [0.05, 0.1) is 17.1 Å². The number of nitrogens with one attached hydrogen (secondary N) is 1. The first-order valence-corrected chi connectivity index (χ1v) is 12.9. The van der Waals surface area contributed by atoms with Crippen molar-refractivity contribution in [3.63, 3.8) is 0 Å². The molecule has 4 bridgehead atoms. The van der Waals surface area contributed by atoms with E-state index in [1.807, 2.05) is 0 Å². The van der Waals surface area contributed by atoms with Gasteiger partial charge in [0, 0.05) is 13.0 Å². The summed E-state index contributed by atoms with van der Waals surface area (Å²) < 4.78 is 5.43. The Bertz CT molecular complexity index is 987. The zero-order valence-corrected chi connectivity index (χ0v) is 20.0. The summed E-state index contributed by atoms with van der Waals surface area (Å²) in [5.74, 6) is -0.251. The van der Waals surface area contributed by atoms with Crippen molar-refractivity contribution in [1.82, 2.24) is 4.90 Å². The van der Waals surface area contributed by atoms with Gasteiger partial charge in [-0.2, -0.15) is 0 Å². The van der Waals surface area contributed by atoms with Gasteiger partial charge in [-0.15, -0.1) is 11.3 Å². The number of ether oxygens (including phenoxy) is 1. The Morgan fingerprint density at radius 3 is 2.35 bits per heavy atom. The summed E-state index contributed by atoms with van der Waals surface area (Å²) in [5, 5.41) is 14.8. The van der Waals surface area contributed by atoms with E-state index in [1.165, 1.54) is 37.2 Å². The molecule has 4 N–H and O–H groups in total. The number of aliphatic hydroxyl groups excluding tert-OH is 1. The lowest BCUT2D eigenvalue weighted by Gasteiger charge is -2.56. The maximum atomic E-state index is 13.8. The lowest BCUT2D eigenvalue weighted by molar-refractivity contribution is -0.168. The van der Waals surface area contributed by atoms with Crippen molar-refractivity contribution in [1.29, 1.82) is 0 Å². The summed E-state index contributed by atoms with van der Waals surface area (Å²) in [6.07, 6.45) is 4.37. The van der Waals surface area contributed by atoms with Crippen LogP contribution in [0.2, 0.25) is 0 Å². The first kappa shape index (κ1) is 23.3. The molecule has 0 spiro atoms. The van der Waals surface area contributed by atoms with Crippen molar-refractivity contribution in [2.75, 3.05) is 11.9 Å². The minimum atomic E-state index is -1.15. The summed E-state index contributed by atoms with van der Waals surface area (Å²) in [6, 6.07) is 0.598. The van der Waals surface area contributed by atoms with Crippen LogP contribution >= 0.6 is 11.3 Å². The minimum absolute atomic E-state index is 0.0353. The predicted molar refractivity (Wildman–Crippen MR) is 124 cm³/mol. The number of nitrogens with zero attached hydrogens (tertiary/aromatic N) is 1. The van der Waals surface area contributed by atoms with Gasteiger partial charge >= 0.3 is 5.97 Å². The third-order valence-corrected chi connectivity index (χ3v) is 8.96. The number of carbonyl (C=O) groups is 4. The van der Waals surface area contributed by atoms with Crippen LogP contribution in [-0.2, 0) is 19.1 Å². The van der Waals surface area contributed by atoms with Crippen LogP contribution in [-0.4, -0.2) is 58.5 Å². The number of anilines is 1. The number of β-amino-alcohol motifs (C(OH)–C–C–N with tert-alkyl or cyclic N) is 1. The first-order valence-electron chi connectivity index (χ1n) is 12.0. The molecule has 5 aliphatic rings. The van der Waals surface area contributed by atoms with Crippen LogP contribution in [0, 0.1) is 23.2 Å². The number of rotatable bonds is 6. The fraction of sp³-hybridized carbons (Fsp3) is 0.667. The molecule has 0 radical (unpaired) electrons. The summed E-state index contributed by atoms with van der Waals surface area (Å²) >= 11 is 1.14. The lowest BCUT2D eigenvalue weighted by Crippen LogP contribution is -2.56. The highest BCUT2D eigenvalue weighted by Gasteiger charge is 2.57.